The molecule has 0 saturated heterocycles. The molecule has 2 aromatic rings. The van der Waals surface area contributed by atoms with Crippen molar-refractivity contribution in [2.45, 2.75) is 19.4 Å². The number of nitrogens with one attached hydrogen (secondary N) is 1. The first-order chi connectivity index (χ1) is 10.2. The lowest BCUT2D eigenvalue weighted by Crippen LogP contribution is -2.29. The van der Waals surface area contributed by atoms with E-state index in [2.05, 4.69) is 10.4 Å². The van der Waals surface area contributed by atoms with Gasteiger partial charge >= 0.3 is 0 Å². The highest BCUT2D eigenvalue weighted by Crippen LogP contribution is 2.33. The maximum Gasteiger partial charge on any atom is 0.137 e. The Kier molecular flexibility index (Phi) is 5.82. The van der Waals surface area contributed by atoms with E-state index in [1.807, 2.05) is 25.1 Å². The predicted molar refractivity (Wildman–Crippen MR) is 85.7 cm³/mol. The summed E-state index contributed by atoms with van der Waals surface area (Å²) < 4.78 is 5.59. The topological polar surface area (TPSA) is 60.2 Å². The molecule has 1 unspecified atom stereocenters. The van der Waals surface area contributed by atoms with E-state index in [1.54, 1.807) is 18.5 Å². The fourth-order valence-corrected chi connectivity index (χ4v) is 2.42. The molecule has 0 bridgehead atoms. The van der Waals surface area contributed by atoms with Crippen molar-refractivity contribution >= 4 is 23.2 Å². The first-order valence-electron chi connectivity index (χ1n) is 6.65. The normalized spacial score (nSPS) is 12.2. The molecule has 0 fully saturated rings. The van der Waals surface area contributed by atoms with Gasteiger partial charge in [-0.25, -0.2) is 5.43 Å². The van der Waals surface area contributed by atoms with Gasteiger partial charge in [0.05, 0.1) is 28.9 Å². The predicted octanol–water partition coefficient (Wildman–Crippen LogP) is 3.73. The number of pyridine rings is 1. The Bertz CT molecular complexity index is 607. The smallest absolute Gasteiger partial charge is 0.137 e. The fraction of sp³-hybridized carbons (Fsp3) is 0.267. The van der Waals surface area contributed by atoms with Crippen LogP contribution >= 0.6 is 23.2 Å². The second-order valence-electron chi connectivity index (χ2n) is 4.55. The van der Waals surface area contributed by atoms with Crippen molar-refractivity contribution < 1.29 is 4.74 Å². The molecule has 1 heterocycles. The molecule has 21 heavy (non-hydrogen) atoms. The van der Waals surface area contributed by atoms with Gasteiger partial charge in [-0.15, -0.1) is 0 Å². The van der Waals surface area contributed by atoms with Crippen molar-refractivity contribution in [3.63, 3.8) is 0 Å². The van der Waals surface area contributed by atoms with Gasteiger partial charge in [-0.3, -0.25) is 10.8 Å². The minimum absolute atomic E-state index is 0.311. The lowest BCUT2D eigenvalue weighted by molar-refractivity contribution is 0.315. The third-order valence-corrected chi connectivity index (χ3v) is 3.83. The number of nitrogens with zero attached hydrogens (tertiary/aromatic N) is 1. The third-order valence-electron chi connectivity index (χ3n) is 3.00. The Balaban J connectivity index is 2.35. The van der Waals surface area contributed by atoms with Crippen LogP contribution in [0.1, 0.15) is 30.5 Å². The minimum Gasteiger partial charge on any atom is -0.492 e. The molecule has 3 N–H and O–H groups in total. The summed E-state index contributed by atoms with van der Waals surface area (Å²) in [7, 11) is 0. The van der Waals surface area contributed by atoms with E-state index < -0.39 is 0 Å². The van der Waals surface area contributed by atoms with E-state index in [9.17, 15) is 0 Å². The molecule has 4 nitrogen and oxygen atoms in total. The highest BCUT2D eigenvalue weighted by atomic mass is 35.5. The van der Waals surface area contributed by atoms with Gasteiger partial charge in [0.15, 0.2) is 0 Å². The van der Waals surface area contributed by atoms with E-state index in [1.165, 1.54) is 0 Å². The number of aromatic nitrogens is 1. The molecule has 0 radical (unpaired) electrons. The highest BCUT2D eigenvalue weighted by molar-refractivity contribution is 6.42. The van der Waals surface area contributed by atoms with Crippen LogP contribution in [0.2, 0.25) is 10.0 Å². The molecule has 0 saturated carbocycles. The van der Waals surface area contributed by atoms with Gasteiger partial charge in [-0.05, 0) is 29.7 Å². The molecular formula is C15H17Cl2N3O. The van der Waals surface area contributed by atoms with Gasteiger partial charge in [-0.2, -0.15) is 0 Å². The molecular weight excluding hydrogens is 309 g/mol. The van der Waals surface area contributed by atoms with E-state index in [-0.39, 0.29) is 6.04 Å². The quantitative estimate of drug-likeness (QED) is 0.627. The number of nitrogens with two attached hydrogens (primary N) is 1. The zero-order valence-corrected chi connectivity index (χ0v) is 13.2. The number of ether oxygens (including phenoxy) is 1. The maximum absolute atomic E-state index is 6.26. The van der Waals surface area contributed by atoms with Gasteiger partial charge in [0.1, 0.15) is 5.75 Å². The second kappa shape index (κ2) is 7.61. The molecule has 0 amide bonds. The molecule has 112 valence electrons. The second-order valence-corrected chi connectivity index (χ2v) is 5.33. The van der Waals surface area contributed by atoms with E-state index >= 15 is 0 Å². The van der Waals surface area contributed by atoms with E-state index in [0.29, 0.717) is 22.4 Å². The summed E-state index contributed by atoms with van der Waals surface area (Å²) in [6, 6.07) is 7.02. The molecule has 1 atom stereocenters. The lowest BCUT2D eigenvalue weighted by atomic mass is 10.0. The SMILES string of the molecule is CCCOc1cncc(C(NN)c2cccc(Cl)c2Cl)c1. The molecule has 0 aliphatic carbocycles. The summed E-state index contributed by atoms with van der Waals surface area (Å²) in [5.74, 6) is 6.39. The first kappa shape index (κ1) is 16.0. The molecule has 0 aliphatic rings. The van der Waals surface area contributed by atoms with Crippen molar-refractivity contribution in [3.8, 4) is 5.75 Å². The largest absolute Gasteiger partial charge is 0.492 e. The molecule has 1 aromatic carbocycles. The minimum atomic E-state index is -0.311. The van der Waals surface area contributed by atoms with Crippen LogP contribution in [-0.4, -0.2) is 11.6 Å². The molecule has 2 rings (SSSR count). The summed E-state index contributed by atoms with van der Waals surface area (Å²) in [6.45, 7) is 2.69. The van der Waals surface area contributed by atoms with E-state index in [4.69, 9.17) is 33.8 Å². The number of benzene rings is 1. The van der Waals surface area contributed by atoms with Crippen molar-refractivity contribution in [3.05, 3.63) is 57.8 Å². The van der Waals surface area contributed by atoms with Crippen LogP contribution in [0.5, 0.6) is 5.75 Å². The average Bonchev–Trinajstić information content (AvgIpc) is 2.50. The van der Waals surface area contributed by atoms with Gasteiger partial charge < -0.3 is 4.74 Å². The van der Waals surface area contributed by atoms with Crippen molar-refractivity contribution in [1.82, 2.24) is 10.4 Å². The molecule has 0 aliphatic heterocycles. The lowest BCUT2D eigenvalue weighted by Gasteiger charge is -2.19. The Labute approximate surface area is 134 Å². The van der Waals surface area contributed by atoms with Crippen LogP contribution in [0, 0.1) is 0 Å². The zero-order valence-electron chi connectivity index (χ0n) is 11.6. The van der Waals surface area contributed by atoms with Crippen LogP contribution in [0.4, 0.5) is 0 Å². The number of halogens is 2. The molecule has 1 aromatic heterocycles. The van der Waals surface area contributed by atoms with E-state index in [0.717, 1.165) is 17.5 Å². The van der Waals surface area contributed by atoms with Crippen LogP contribution in [-0.2, 0) is 0 Å². The number of hydrogen-bond donors (Lipinski definition) is 2. The van der Waals surface area contributed by atoms with Crippen molar-refractivity contribution in [2.75, 3.05) is 6.61 Å². The Morgan fingerprint density at radius 2 is 2.14 bits per heavy atom. The van der Waals surface area contributed by atoms with Crippen LogP contribution in [0.15, 0.2) is 36.7 Å². The third kappa shape index (κ3) is 3.86. The van der Waals surface area contributed by atoms with Crippen LogP contribution < -0.4 is 16.0 Å². The summed E-state index contributed by atoms with van der Waals surface area (Å²) >= 11 is 12.3. The summed E-state index contributed by atoms with van der Waals surface area (Å²) in [4.78, 5) is 4.19. The number of hydrazine groups is 1. The Morgan fingerprint density at radius 3 is 2.86 bits per heavy atom. The number of rotatable bonds is 6. The Hall–Kier alpha value is -1.33. The highest BCUT2D eigenvalue weighted by Gasteiger charge is 2.18. The summed E-state index contributed by atoms with van der Waals surface area (Å²) in [5, 5.41) is 0.961. The molecule has 0 spiro atoms. The van der Waals surface area contributed by atoms with Crippen LogP contribution in [0.3, 0.4) is 0 Å². The average molecular weight is 326 g/mol. The van der Waals surface area contributed by atoms with Gasteiger partial charge in [0.2, 0.25) is 0 Å². The number of hydrogen-bond acceptors (Lipinski definition) is 4. The maximum atomic E-state index is 6.26. The van der Waals surface area contributed by atoms with Crippen molar-refractivity contribution in [1.29, 1.82) is 0 Å². The summed E-state index contributed by atoms with van der Waals surface area (Å²) in [5.41, 5.74) is 4.40. The summed E-state index contributed by atoms with van der Waals surface area (Å²) in [6.07, 6.45) is 4.33. The van der Waals surface area contributed by atoms with Crippen LogP contribution in [0.25, 0.3) is 0 Å². The van der Waals surface area contributed by atoms with Gasteiger partial charge in [0, 0.05) is 6.20 Å². The molecule has 6 heteroatoms. The zero-order chi connectivity index (χ0) is 15.2. The fourth-order valence-electron chi connectivity index (χ4n) is 2.00. The standard InChI is InChI=1S/C15H17Cl2N3O/c1-2-6-21-11-7-10(8-19-9-11)15(20-18)12-4-3-5-13(16)14(12)17/h3-5,7-9,15,20H,2,6,18H2,1H3. The van der Waals surface area contributed by atoms with Crippen molar-refractivity contribution in [2.24, 2.45) is 5.84 Å². The van der Waals surface area contributed by atoms with Gasteiger partial charge in [-0.1, -0.05) is 42.3 Å². The van der Waals surface area contributed by atoms with Gasteiger partial charge in [0.25, 0.3) is 0 Å². The first-order valence-corrected chi connectivity index (χ1v) is 7.40. The monoisotopic (exact) mass is 325 g/mol. The Morgan fingerprint density at radius 1 is 1.33 bits per heavy atom.